The third kappa shape index (κ3) is 3.03. The minimum absolute atomic E-state index is 0.0520. The van der Waals surface area contributed by atoms with Gasteiger partial charge in [-0.15, -0.1) is 0 Å². The van der Waals surface area contributed by atoms with Crippen molar-refractivity contribution in [2.75, 3.05) is 13.1 Å². The Balaban J connectivity index is 1.89. The molecular weight excluding hydrogens is 283 g/mol. The molecule has 0 unspecified atom stereocenters. The lowest BCUT2D eigenvalue weighted by Crippen LogP contribution is -2.34. The fourth-order valence-electron chi connectivity index (χ4n) is 2.99. The lowest BCUT2D eigenvalue weighted by molar-refractivity contribution is -0.131. The van der Waals surface area contributed by atoms with E-state index in [1.165, 1.54) is 31.0 Å². The molecule has 116 valence electrons. The van der Waals surface area contributed by atoms with Crippen LogP contribution in [0.5, 0.6) is 0 Å². The molecule has 1 saturated heterocycles. The summed E-state index contributed by atoms with van der Waals surface area (Å²) in [4.78, 5) is 26.2. The van der Waals surface area contributed by atoms with Crippen LogP contribution in [0.2, 0.25) is 0 Å². The van der Waals surface area contributed by atoms with Crippen LogP contribution in [0, 0.1) is 5.82 Å². The number of nitrogens with zero attached hydrogens (tertiary/aromatic N) is 2. The zero-order valence-electron chi connectivity index (χ0n) is 12.4. The third-order valence-corrected chi connectivity index (χ3v) is 4.20. The summed E-state index contributed by atoms with van der Waals surface area (Å²) in [6, 6.07) is 5.48. The average molecular weight is 302 g/mol. The Labute approximate surface area is 128 Å². The number of carbonyl (C=O) groups is 1. The first kappa shape index (κ1) is 14.8. The van der Waals surface area contributed by atoms with Crippen molar-refractivity contribution in [3.8, 4) is 0 Å². The minimum atomic E-state index is -0.443. The second kappa shape index (κ2) is 6.30. The Morgan fingerprint density at radius 3 is 2.55 bits per heavy atom. The molecule has 0 aliphatic carbocycles. The maximum atomic E-state index is 13.3. The highest BCUT2D eigenvalue weighted by Crippen LogP contribution is 2.14. The van der Waals surface area contributed by atoms with E-state index in [-0.39, 0.29) is 17.9 Å². The van der Waals surface area contributed by atoms with Crippen LogP contribution in [0.15, 0.2) is 35.3 Å². The summed E-state index contributed by atoms with van der Waals surface area (Å²) in [6.45, 7) is 1.78. The number of pyridine rings is 1. The van der Waals surface area contributed by atoms with Crippen molar-refractivity contribution in [3.05, 3.63) is 46.5 Å². The van der Waals surface area contributed by atoms with E-state index in [9.17, 15) is 14.0 Å². The van der Waals surface area contributed by atoms with Gasteiger partial charge in [0.25, 0.3) is 0 Å². The van der Waals surface area contributed by atoms with Gasteiger partial charge in [0.15, 0.2) is 5.43 Å². The second-order valence-electron chi connectivity index (χ2n) is 5.76. The second-order valence-corrected chi connectivity index (χ2v) is 5.76. The zero-order valence-corrected chi connectivity index (χ0v) is 12.4. The topological polar surface area (TPSA) is 42.3 Å². The van der Waals surface area contributed by atoms with Gasteiger partial charge in [0.05, 0.1) is 5.52 Å². The predicted octanol–water partition coefficient (Wildman–Crippen LogP) is 2.54. The normalized spacial score (nSPS) is 15.8. The van der Waals surface area contributed by atoms with Crippen LogP contribution in [-0.4, -0.2) is 28.5 Å². The smallest absolute Gasteiger partial charge is 0.242 e. The molecule has 1 aliphatic heterocycles. The minimum Gasteiger partial charge on any atom is -0.341 e. The van der Waals surface area contributed by atoms with Crippen LogP contribution < -0.4 is 5.43 Å². The molecule has 22 heavy (non-hydrogen) atoms. The molecule has 0 N–H and O–H groups in total. The Hall–Kier alpha value is -2.17. The Morgan fingerprint density at radius 2 is 1.82 bits per heavy atom. The summed E-state index contributed by atoms with van der Waals surface area (Å²) < 4.78 is 15.0. The van der Waals surface area contributed by atoms with E-state index in [2.05, 4.69) is 0 Å². The number of hydrogen-bond acceptors (Lipinski definition) is 2. The predicted molar refractivity (Wildman–Crippen MR) is 83.2 cm³/mol. The van der Waals surface area contributed by atoms with Crippen LogP contribution in [0.3, 0.4) is 0 Å². The average Bonchev–Trinajstić information content (AvgIpc) is 2.79. The van der Waals surface area contributed by atoms with Crippen LogP contribution >= 0.6 is 0 Å². The first-order valence-electron chi connectivity index (χ1n) is 7.71. The molecule has 3 rings (SSSR count). The number of halogens is 1. The number of fused-ring (bicyclic) bond motifs is 1. The fourth-order valence-corrected chi connectivity index (χ4v) is 2.99. The molecule has 0 radical (unpaired) electrons. The van der Waals surface area contributed by atoms with Crippen molar-refractivity contribution >= 4 is 16.8 Å². The van der Waals surface area contributed by atoms with Gasteiger partial charge in [-0.2, -0.15) is 0 Å². The van der Waals surface area contributed by atoms with E-state index >= 15 is 0 Å². The molecule has 1 aliphatic rings. The van der Waals surface area contributed by atoms with E-state index < -0.39 is 5.82 Å². The zero-order chi connectivity index (χ0) is 15.5. The quantitative estimate of drug-likeness (QED) is 0.855. The summed E-state index contributed by atoms with van der Waals surface area (Å²) in [5, 5.41) is 0.311. The highest BCUT2D eigenvalue weighted by atomic mass is 19.1. The lowest BCUT2D eigenvalue weighted by atomic mass is 10.2. The number of carbonyl (C=O) groups excluding carboxylic acids is 1. The van der Waals surface area contributed by atoms with Crippen LogP contribution in [0.25, 0.3) is 10.9 Å². The Bertz CT molecular complexity index is 746. The first-order valence-corrected chi connectivity index (χ1v) is 7.71. The van der Waals surface area contributed by atoms with Gasteiger partial charge in [-0.3, -0.25) is 9.59 Å². The molecule has 1 fully saturated rings. The highest BCUT2D eigenvalue weighted by Gasteiger charge is 2.16. The van der Waals surface area contributed by atoms with Crippen LogP contribution in [0.1, 0.15) is 25.7 Å². The van der Waals surface area contributed by atoms with E-state index in [0.29, 0.717) is 10.9 Å². The number of likely N-dealkylation sites (tertiary alicyclic amines) is 1. The van der Waals surface area contributed by atoms with Gasteiger partial charge in [-0.25, -0.2) is 4.39 Å². The molecule has 5 heteroatoms. The van der Waals surface area contributed by atoms with E-state index in [4.69, 9.17) is 0 Å². The van der Waals surface area contributed by atoms with E-state index in [1.807, 2.05) is 4.90 Å². The number of benzene rings is 1. The molecular formula is C17H19FN2O2. The van der Waals surface area contributed by atoms with Crippen LogP contribution in [-0.2, 0) is 11.3 Å². The summed E-state index contributed by atoms with van der Waals surface area (Å²) in [7, 11) is 0. The molecule has 0 bridgehead atoms. The molecule has 2 aromatic rings. The SMILES string of the molecule is O=C(Cn1ccc(=O)c2cc(F)ccc21)N1CCCCCC1. The van der Waals surface area contributed by atoms with E-state index in [1.54, 1.807) is 16.8 Å². The van der Waals surface area contributed by atoms with Crippen molar-refractivity contribution in [1.82, 2.24) is 9.47 Å². The first-order chi connectivity index (χ1) is 10.6. The molecule has 2 heterocycles. The fraction of sp³-hybridized carbons (Fsp3) is 0.412. The molecule has 4 nitrogen and oxygen atoms in total. The van der Waals surface area contributed by atoms with Crippen LogP contribution in [0.4, 0.5) is 4.39 Å². The number of rotatable bonds is 2. The number of amides is 1. The Kier molecular flexibility index (Phi) is 4.22. The third-order valence-electron chi connectivity index (χ3n) is 4.20. The van der Waals surface area contributed by atoms with Crippen molar-refractivity contribution < 1.29 is 9.18 Å². The summed E-state index contributed by atoms with van der Waals surface area (Å²) in [6.07, 6.45) is 6.04. The number of aromatic nitrogens is 1. The van der Waals surface area contributed by atoms with Gasteiger partial charge in [0.2, 0.25) is 5.91 Å². The van der Waals surface area contributed by atoms with Crippen molar-refractivity contribution in [3.63, 3.8) is 0 Å². The standard InChI is InChI=1S/C17H19FN2O2/c18-13-5-6-15-14(11-13)16(21)7-10-20(15)12-17(22)19-8-3-1-2-4-9-19/h5-7,10-11H,1-4,8-9,12H2. The largest absolute Gasteiger partial charge is 0.341 e. The monoisotopic (exact) mass is 302 g/mol. The molecule has 0 atom stereocenters. The maximum Gasteiger partial charge on any atom is 0.242 e. The molecule has 0 saturated carbocycles. The van der Waals surface area contributed by atoms with Gasteiger partial charge in [-0.1, -0.05) is 12.8 Å². The van der Waals surface area contributed by atoms with Crippen molar-refractivity contribution in [2.24, 2.45) is 0 Å². The molecule has 1 aromatic carbocycles. The van der Waals surface area contributed by atoms with Gasteiger partial charge in [-0.05, 0) is 31.0 Å². The van der Waals surface area contributed by atoms with Crippen molar-refractivity contribution in [2.45, 2.75) is 32.2 Å². The molecule has 1 aromatic heterocycles. The van der Waals surface area contributed by atoms with Crippen molar-refractivity contribution in [1.29, 1.82) is 0 Å². The summed E-state index contributed by atoms with van der Waals surface area (Å²) in [5.74, 6) is -0.391. The summed E-state index contributed by atoms with van der Waals surface area (Å²) >= 11 is 0. The molecule has 0 spiro atoms. The van der Waals surface area contributed by atoms with Gasteiger partial charge < -0.3 is 9.47 Å². The number of hydrogen-bond donors (Lipinski definition) is 0. The lowest BCUT2D eigenvalue weighted by Gasteiger charge is -2.21. The van der Waals surface area contributed by atoms with Gasteiger partial charge in [0.1, 0.15) is 12.4 Å². The van der Waals surface area contributed by atoms with E-state index in [0.717, 1.165) is 25.9 Å². The van der Waals surface area contributed by atoms with Gasteiger partial charge >= 0.3 is 0 Å². The molecule has 1 amide bonds. The van der Waals surface area contributed by atoms with Gasteiger partial charge in [0, 0.05) is 30.7 Å². The Morgan fingerprint density at radius 1 is 1.09 bits per heavy atom. The maximum absolute atomic E-state index is 13.3. The highest BCUT2D eigenvalue weighted by molar-refractivity contribution is 5.82. The summed E-state index contributed by atoms with van der Waals surface area (Å²) in [5.41, 5.74) is 0.366.